The molecule has 7 nitrogen and oxygen atoms in total. The Morgan fingerprint density at radius 2 is 1.81 bits per heavy atom. The van der Waals surface area contributed by atoms with Crippen LogP contribution in [0.3, 0.4) is 0 Å². The zero-order valence-electron chi connectivity index (χ0n) is 16.9. The van der Waals surface area contributed by atoms with Gasteiger partial charge in [-0.2, -0.15) is 0 Å². The lowest BCUT2D eigenvalue weighted by Crippen LogP contribution is -2.51. The van der Waals surface area contributed by atoms with Gasteiger partial charge in [0, 0.05) is 13.0 Å². The molecule has 1 rings (SSSR count). The third kappa shape index (κ3) is 9.06. The molecule has 1 fully saturated rings. The number of amides is 2. The van der Waals surface area contributed by atoms with Crippen LogP contribution >= 0.6 is 0 Å². The molecule has 3 atom stereocenters. The van der Waals surface area contributed by atoms with Crippen LogP contribution in [0.15, 0.2) is 0 Å². The van der Waals surface area contributed by atoms with E-state index in [0.29, 0.717) is 31.4 Å². The van der Waals surface area contributed by atoms with E-state index in [4.69, 9.17) is 9.47 Å². The summed E-state index contributed by atoms with van der Waals surface area (Å²) >= 11 is 0. The Morgan fingerprint density at radius 1 is 1.19 bits per heavy atom. The van der Waals surface area contributed by atoms with Crippen molar-refractivity contribution in [3.8, 4) is 0 Å². The van der Waals surface area contributed by atoms with Gasteiger partial charge in [-0.15, -0.1) is 0 Å². The maximum Gasteiger partial charge on any atom is 0.408 e. The summed E-state index contributed by atoms with van der Waals surface area (Å²) in [7, 11) is 0. The van der Waals surface area contributed by atoms with Crippen LogP contribution in [0.1, 0.15) is 60.8 Å². The van der Waals surface area contributed by atoms with Crippen LogP contribution in [0, 0.1) is 17.8 Å². The lowest BCUT2D eigenvalue weighted by molar-refractivity contribution is -0.144. The molecule has 1 aliphatic rings. The van der Waals surface area contributed by atoms with Gasteiger partial charge in [0.15, 0.2) is 0 Å². The van der Waals surface area contributed by atoms with Gasteiger partial charge in [-0.25, -0.2) is 4.79 Å². The first kappa shape index (κ1) is 22.3. The highest BCUT2D eigenvalue weighted by Gasteiger charge is 2.33. The van der Waals surface area contributed by atoms with Crippen LogP contribution in [0.2, 0.25) is 0 Å². The van der Waals surface area contributed by atoms with Gasteiger partial charge in [0.2, 0.25) is 5.91 Å². The van der Waals surface area contributed by atoms with Crippen LogP contribution in [0.4, 0.5) is 4.79 Å². The molecule has 0 aromatic carbocycles. The Balaban J connectivity index is 2.26. The summed E-state index contributed by atoms with van der Waals surface area (Å²) in [5.74, 6) is 0.571. The fourth-order valence-corrected chi connectivity index (χ4v) is 2.43. The van der Waals surface area contributed by atoms with Crippen molar-refractivity contribution in [2.24, 2.45) is 17.8 Å². The van der Waals surface area contributed by atoms with E-state index in [-0.39, 0.29) is 24.2 Å². The molecule has 0 heterocycles. The summed E-state index contributed by atoms with van der Waals surface area (Å²) in [6, 6.07) is -0.687. The number of carbonyl (C=O) groups is 3. The molecule has 2 N–H and O–H groups in total. The summed E-state index contributed by atoms with van der Waals surface area (Å²) in [5.41, 5.74) is -0.624. The first-order valence-corrected chi connectivity index (χ1v) is 9.42. The molecule has 2 amide bonds. The van der Waals surface area contributed by atoms with Crippen LogP contribution in [0.5, 0.6) is 0 Å². The van der Waals surface area contributed by atoms with E-state index >= 15 is 0 Å². The minimum atomic E-state index is -0.687. The smallest absolute Gasteiger partial charge is 0.408 e. The quantitative estimate of drug-likeness (QED) is 0.481. The predicted molar refractivity (Wildman–Crippen MR) is 98.5 cm³/mol. The number of alkyl carbamates (subject to hydrolysis) is 1. The largest absolute Gasteiger partial charge is 0.465 e. The normalized spacial score (nSPS) is 20.3. The van der Waals surface area contributed by atoms with E-state index in [0.717, 1.165) is 6.42 Å². The van der Waals surface area contributed by atoms with Crippen LogP contribution in [0.25, 0.3) is 0 Å². The molecule has 0 bridgehead atoms. The van der Waals surface area contributed by atoms with Crippen molar-refractivity contribution in [1.29, 1.82) is 0 Å². The minimum Gasteiger partial charge on any atom is -0.465 e. The molecule has 0 saturated heterocycles. The van der Waals surface area contributed by atoms with Crippen molar-refractivity contribution < 1.29 is 23.9 Å². The molecule has 1 saturated carbocycles. The van der Waals surface area contributed by atoms with Crippen molar-refractivity contribution in [2.45, 2.75) is 72.4 Å². The highest BCUT2D eigenvalue weighted by atomic mass is 16.6. The zero-order valence-corrected chi connectivity index (χ0v) is 16.9. The molecule has 0 aliphatic heterocycles. The number of esters is 1. The number of hydrogen-bond acceptors (Lipinski definition) is 5. The molecule has 150 valence electrons. The topological polar surface area (TPSA) is 93.7 Å². The lowest BCUT2D eigenvalue weighted by atomic mass is 10.0. The first-order valence-electron chi connectivity index (χ1n) is 9.42. The highest BCUT2D eigenvalue weighted by molar-refractivity contribution is 5.85. The Labute approximate surface area is 156 Å². The van der Waals surface area contributed by atoms with Crippen molar-refractivity contribution in [1.82, 2.24) is 10.6 Å². The fraction of sp³-hybridized carbons (Fsp3) is 0.842. The fourth-order valence-electron chi connectivity index (χ4n) is 2.43. The number of rotatable bonds is 9. The van der Waals surface area contributed by atoms with Crippen molar-refractivity contribution in [3.05, 3.63) is 0 Å². The summed E-state index contributed by atoms with van der Waals surface area (Å²) < 4.78 is 10.4. The van der Waals surface area contributed by atoms with E-state index in [2.05, 4.69) is 17.6 Å². The molecule has 0 aromatic heterocycles. The monoisotopic (exact) mass is 370 g/mol. The van der Waals surface area contributed by atoms with Crippen molar-refractivity contribution in [3.63, 3.8) is 0 Å². The second kappa shape index (κ2) is 9.78. The summed E-state index contributed by atoms with van der Waals surface area (Å²) in [6.45, 7) is 12.0. The number of nitrogens with one attached hydrogen (secondary N) is 2. The predicted octanol–water partition coefficient (Wildman–Crippen LogP) is 2.63. The molecular formula is C19H34N2O5. The second-order valence-electron chi connectivity index (χ2n) is 8.42. The summed E-state index contributed by atoms with van der Waals surface area (Å²) in [4.78, 5) is 35.8. The SMILES string of the molecule is CC1C[C@@H]1COC(=O)CCCNC(=O)[C@@H](NC(=O)OC(C)(C)C)C(C)C. The summed E-state index contributed by atoms with van der Waals surface area (Å²) in [5, 5.41) is 5.36. The standard InChI is InChI=1S/C19H34N2O5/c1-12(2)16(21-18(24)26-19(4,5)6)17(23)20-9-7-8-15(22)25-11-14-10-13(14)3/h12-14,16H,7-11H2,1-6H3,(H,20,23)(H,21,24)/t13?,14-,16+/m1/s1. The van der Waals surface area contributed by atoms with Crippen molar-refractivity contribution >= 4 is 18.0 Å². The van der Waals surface area contributed by atoms with E-state index in [1.165, 1.54) is 0 Å². The maximum absolute atomic E-state index is 12.3. The molecule has 26 heavy (non-hydrogen) atoms. The Morgan fingerprint density at radius 3 is 2.31 bits per heavy atom. The minimum absolute atomic E-state index is 0.0898. The molecular weight excluding hydrogens is 336 g/mol. The van der Waals surface area contributed by atoms with E-state index in [1.807, 2.05) is 13.8 Å². The number of hydrogen-bond donors (Lipinski definition) is 2. The van der Waals surface area contributed by atoms with E-state index in [1.54, 1.807) is 20.8 Å². The van der Waals surface area contributed by atoms with Crippen LogP contribution < -0.4 is 10.6 Å². The third-order valence-electron chi connectivity index (χ3n) is 4.21. The highest BCUT2D eigenvalue weighted by Crippen LogP contribution is 2.37. The van der Waals surface area contributed by atoms with Crippen molar-refractivity contribution in [2.75, 3.05) is 13.2 Å². The van der Waals surface area contributed by atoms with Gasteiger partial charge in [0.1, 0.15) is 11.6 Å². The third-order valence-corrected chi connectivity index (χ3v) is 4.21. The van der Waals surface area contributed by atoms with Gasteiger partial charge in [0.05, 0.1) is 6.61 Å². The Kier molecular flexibility index (Phi) is 8.37. The average Bonchev–Trinajstić information content (AvgIpc) is 3.20. The molecule has 0 aromatic rings. The summed E-state index contributed by atoms with van der Waals surface area (Å²) in [6.07, 6.45) is 1.28. The zero-order chi connectivity index (χ0) is 19.9. The Bertz CT molecular complexity index is 499. The van der Waals surface area contributed by atoms with Gasteiger partial charge in [-0.3, -0.25) is 9.59 Å². The molecule has 0 radical (unpaired) electrons. The van der Waals surface area contributed by atoms with Gasteiger partial charge in [0.25, 0.3) is 0 Å². The first-order chi connectivity index (χ1) is 12.0. The maximum atomic E-state index is 12.3. The number of ether oxygens (including phenoxy) is 2. The Hall–Kier alpha value is -1.79. The lowest BCUT2D eigenvalue weighted by Gasteiger charge is -2.25. The molecule has 0 spiro atoms. The van der Waals surface area contributed by atoms with Gasteiger partial charge in [-0.05, 0) is 51.4 Å². The van der Waals surface area contributed by atoms with Gasteiger partial charge < -0.3 is 20.1 Å². The average molecular weight is 370 g/mol. The van der Waals surface area contributed by atoms with Gasteiger partial charge in [-0.1, -0.05) is 20.8 Å². The van der Waals surface area contributed by atoms with Crippen LogP contribution in [-0.4, -0.2) is 42.8 Å². The molecule has 1 unspecified atom stereocenters. The second-order valence-corrected chi connectivity index (χ2v) is 8.42. The van der Waals surface area contributed by atoms with E-state index < -0.39 is 17.7 Å². The molecule has 1 aliphatic carbocycles. The van der Waals surface area contributed by atoms with E-state index in [9.17, 15) is 14.4 Å². The van der Waals surface area contributed by atoms with Gasteiger partial charge >= 0.3 is 12.1 Å². The van der Waals surface area contributed by atoms with Crippen LogP contribution in [-0.2, 0) is 19.1 Å². The molecule has 7 heteroatoms. The number of carbonyl (C=O) groups excluding carboxylic acids is 3.